The van der Waals surface area contributed by atoms with E-state index in [0.29, 0.717) is 15.9 Å². The van der Waals surface area contributed by atoms with Crippen molar-refractivity contribution in [2.45, 2.75) is 12.7 Å². The van der Waals surface area contributed by atoms with Gasteiger partial charge < -0.3 is 9.57 Å². The van der Waals surface area contributed by atoms with Gasteiger partial charge in [0.15, 0.2) is 0 Å². The highest BCUT2D eigenvalue weighted by atomic mass is 35.5. The van der Waals surface area contributed by atoms with Gasteiger partial charge in [-0.1, -0.05) is 23.2 Å². The Hall–Kier alpha value is -1.71. The zero-order valence-electron chi connectivity index (χ0n) is 10.6. The number of nitrogens with zero attached hydrogens (tertiary/aromatic N) is 1. The largest absolute Gasteiger partial charge is 0.426 e. The summed E-state index contributed by atoms with van der Waals surface area (Å²) in [5, 5.41) is 5.33. The van der Waals surface area contributed by atoms with Crippen LogP contribution in [-0.2, 0) is 15.4 Å². The monoisotopic (exact) mass is 307 g/mol. The molecule has 102 valence electrons. The highest BCUT2D eigenvalue weighted by molar-refractivity contribution is 6.30. The van der Waals surface area contributed by atoms with E-state index in [1.807, 2.05) is 31.2 Å². The molecule has 1 unspecified atom stereocenters. The van der Waals surface area contributed by atoms with E-state index in [4.69, 9.17) is 32.8 Å². The van der Waals surface area contributed by atoms with Crippen LogP contribution in [0, 0.1) is 0 Å². The lowest BCUT2D eigenvalue weighted by molar-refractivity contribution is -0.152. The highest BCUT2D eigenvalue weighted by Gasteiger charge is 2.38. The van der Waals surface area contributed by atoms with Crippen LogP contribution in [0.2, 0.25) is 10.0 Å². The molecule has 1 atom stereocenters. The van der Waals surface area contributed by atoms with Crippen molar-refractivity contribution < 1.29 is 9.57 Å². The Morgan fingerprint density at radius 3 is 2.05 bits per heavy atom. The normalized spacial score (nSPS) is 21.1. The summed E-state index contributed by atoms with van der Waals surface area (Å²) in [5.74, 6) is -0.515. The maximum absolute atomic E-state index is 5.88. The minimum absolute atomic E-state index is 0.430. The standard InChI is InChI=1S/C15H11Cl2NO2/c1-15(11-4-8-13(17)9-5-11)19-14(18-20-15)10-2-6-12(16)7-3-10/h2-9H,1H3. The molecule has 0 spiro atoms. The van der Waals surface area contributed by atoms with Gasteiger partial charge >= 0.3 is 5.79 Å². The molecule has 2 aromatic carbocycles. The van der Waals surface area contributed by atoms with Crippen LogP contribution in [0.1, 0.15) is 18.1 Å². The predicted octanol–water partition coefficient (Wildman–Crippen LogP) is 4.57. The molecule has 0 bridgehead atoms. The Morgan fingerprint density at radius 1 is 0.900 bits per heavy atom. The molecule has 0 radical (unpaired) electrons. The first-order valence-corrected chi connectivity index (χ1v) is 6.80. The third kappa shape index (κ3) is 2.47. The van der Waals surface area contributed by atoms with Gasteiger partial charge in [0.05, 0.1) is 0 Å². The van der Waals surface area contributed by atoms with E-state index in [1.165, 1.54) is 0 Å². The van der Waals surface area contributed by atoms with Crippen LogP contribution in [-0.4, -0.2) is 5.90 Å². The molecule has 0 fully saturated rings. The quantitative estimate of drug-likeness (QED) is 0.813. The molecule has 1 aliphatic rings. The SMILES string of the molecule is CC1(c2ccc(Cl)cc2)ON=C(c2ccc(Cl)cc2)O1. The molecule has 0 aromatic heterocycles. The van der Waals surface area contributed by atoms with E-state index in [2.05, 4.69) is 5.16 Å². The second-order valence-corrected chi connectivity index (χ2v) is 5.42. The van der Waals surface area contributed by atoms with Crippen molar-refractivity contribution in [3.63, 3.8) is 0 Å². The minimum atomic E-state index is -0.945. The number of ether oxygens (including phenoxy) is 1. The summed E-state index contributed by atoms with van der Waals surface area (Å²) in [4.78, 5) is 5.45. The zero-order chi connectivity index (χ0) is 14.2. The van der Waals surface area contributed by atoms with E-state index >= 15 is 0 Å². The van der Waals surface area contributed by atoms with Crippen LogP contribution < -0.4 is 0 Å². The summed E-state index contributed by atoms with van der Waals surface area (Å²) < 4.78 is 5.84. The minimum Gasteiger partial charge on any atom is -0.426 e. The molecular weight excluding hydrogens is 297 g/mol. The lowest BCUT2D eigenvalue weighted by Crippen LogP contribution is -2.25. The maximum atomic E-state index is 5.88. The summed E-state index contributed by atoms with van der Waals surface area (Å²) in [6, 6.07) is 14.5. The summed E-state index contributed by atoms with van der Waals surface area (Å²) in [5.41, 5.74) is 1.65. The topological polar surface area (TPSA) is 30.8 Å². The maximum Gasteiger partial charge on any atom is 0.301 e. The first-order chi connectivity index (χ1) is 9.57. The van der Waals surface area contributed by atoms with E-state index in [-0.39, 0.29) is 0 Å². The van der Waals surface area contributed by atoms with Crippen LogP contribution in [0.25, 0.3) is 0 Å². The fraction of sp³-hybridized carbons (Fsp3) is 0.133. The molecule has 0 N–H and O–H groups in total. The number of benzene rings is 2. The van der Waals surface area contributed by atoms with Crippen LogP contribution in [0.15, 0.2) is 53.7 Å². The summed E-state index contributed by atoms with van der Waals surface area (Å²) in [6.07, 6.45) is 0. The predicted molar refractivity (Wildman–Crippen MR) is 79.0 cm³/mol. The van der Waals surface area contributed by atoms with Crippen LogP contribution in [0.5, 0.6) is 0 Å². The molecule has 1 heterocycles. The Kier molecular flexibility index (Phi) is 3.32. The average Bonchev–Trinajstić information content (AvgIpc) is 2.84. The van der Waals surface area contributed by atoms with Crippen molar-refractivity contribution in [3.05, 3.63) is 69.7 Å². The van der Waals surface area contributed by atoms with Crippen molar-refractivity contribution >= 4 is 29.1 Å². The second kappa shape index (κ2) is 5.00. The van der Waals surface area contributed by atoms with Crippen LogP contribution in [0.3, 0.4) is 0 Å². The summed E-state index contributed by atoms with van der Waals surface area (Å²) in [7, 11) is 0. The Balaban J connectivity index is 1.84. The Morgan fingerprint density at radius 2 is 1.45 bits per heavy atom. The molecular formula is C15H11Cl2NO2. The number of halogens is 2. The zero-order valence-corrected chi connectivity index (χ0v) is 12.2. The lowest BCUT2D eigenvalue weighted by atomic mass is 10.1. The number of hydrogen-bond donors (Lipinski definition) is 0. The van der Waals surface area contributed by atoms with Crippen molar-refractivity contribution in [2.24, 2.45) is 5.16 Å². The summed E-state index contributed by atoms with van der Waals surface area (Å²) in [6.45, 7) is 1.81. The number of hydrogen-bond acceptors (Lipinski definition) is 3. The van der Waals surface area contributed by atoms with E-state index in [9.17, 15) is 0 Å². The molecule has 5 heteroatoms. The van der Waals surface area contributed by atoms with E-state index < -0.39 is 5.79 Å². The van der Waals surface area contributed by atoms with Crippen molar-refractivity contribution in [3.8, 4) is 0 Å². The molecule has 0 saturated heterocycles. The van der Waals surface area contributed by atoms with E-state index in [1.54, 1.807) is 24.3 Å². The molecule has 3 nitrogen and oxygen atoms in total. The van der Waals surface area contributed by atoms with Gasteiger partial charge in [-0.15, -0.1) is 0 Å². The van der Waals surface area contributed by atoms with Gasteiger partial charge in [-0.2, -0.15) is 0 Å². The first kappa shape index (κ1) is 13.3. The van der Waals surface area contributed by atoms with Crippen LogP contribution >= 0.6 is 23.2 Å². The lowest BCUT2D eigenvalue weighted by Gasteiger charge is -2.21. The van der Waals surface area contributed by atoms with E-state index in [0.717, 1.165) is 11.1 Å². The van der Waals surface area contributed by atoms with Crippen LogP contribution in [0.4, 0.5) is 0 Å². The fourth-order valence-electron chi connectivity index (χ4n) is 1.92. The smallest absolute Gasteiger partial charge is 0.301 e. The molecule has 3 rings (SSSR count). The summed E-state index contributed by atoms with van der Waals surface area (Å²) >= 11 is 11.7. The molecule has 0 amide bonds. The highest BCUT2D eigenvalue weighted by Crippen LogP contribution is 2.34. The van der Waals surface area contributed by atoms with Crippen molar-refractivity contribution in [1.82, 2.24) is 0 Å². The van der Waals surface area contributed by atoms with Gasteiger partial charge in [-0.3, -0.25) is 0 Å². The second-order valence-electron chi connectivity index (χ2n) is 4.55. The fourth-order valence-corrected chi connectivity index (χ4v) is 2.17. The number of rotatable bonds is 2. The van der Waals surface area contributed by atoms with Gasteiger partial charge in [-0.05, 0) is 53.7 Å². The first-order valence-electron chi connectivity index (χ1n) is 6.04. The van der Waals surface area contributed by atoms with Crippen molar-refractivity contribution in [1.29, 1.82) is 0 Å². The molecule has 2 aromatic rings. The van der Waals surface area contributed by atoms with Gasteiger partial charge in [-0.25, -0.2) is 0 Å². The Bertz CT molecular complexity index is 653. The van der Waals surface area contributed by atoms with Gasteiger partial charge in [0.25, 0.3) is 5.90 Å². The third-order valence-corrected chi connectivity index (χ3v) is 3.56. The number of oxime groups is 1. The molecule has 20 heavy (non-hydrogen) atoms. The molecule has 0 aliphatic carbocycles. The van der Waals surface area contributed by atoms with Gasteiger partial charge in [0.1, 0.15) is 0 Å². The third-order valence-electron chi connectivity index (χ3n) is 3.05. The Labute approximate surface area is 126 Å². The van der Waals surface area contributed by atoms with Gasteiger partial charge in [0, 0.05) is 28.1 Å². The molecule has 0 saturated carbocycles. The van der Waals surface area contributed by atoms with Crippen molar-refractivity contribution in [2.75, 3.05) is 0 Å². The van der Waals surface area contributed by atoms with Gasteiger partial charge in [0.2, 0.25) is 0 Å². The molecule has 1 aliphatic heterocycles. The average molecular weight is 308 g/mol.